The van der Waals surface area contributed by atoms with E-state index in [2.05, 4.69) is 31.9 Å². The zero-order valence-electron chi connectivity index (χ0n) is 9.82. The second-order valence-corrected chi connectivity index (χ2v) is 5.87. The van der Waals surface area contributed by atoms with Crippen LogP contribution in [0.15, 0.2) is 28.7 Å². The second-order valence-electron chi connectivity index (χ2n) is 3.72. The molecule has 3 nitrogen and oxygen atoms in total. The highest BCUT2D eigenvalue weighted by molar-refractivity contribution is 9.10. The Morgan fingerprint density at radius 3 is 2.71 bits per heavy atom. The standard InChI is InChI=1S/C12H15Br2NO2/c1-15(7-9(13)8-17-2)12(16)10-5-3-4-6-11(10)14/h3-6,9H,7-8H2,1-2H3. The van der Waals surface area contributed by atoms with Gasteiger partial charge in [-0.25, -0.2) is 0 Å². The smallest absolute Gasteiger partial charge is 0.254 e. The van der Waals surface area contributed by atoms with Crippen LogP contribution in [-0.4, -0.2) is 42.9 Å². The fourth-order valence-electron chi connectivity index (χ4n) is 1.45. The molecule has 0 saturated heterocycles. The molecule has 0 fully saturated rings. The largest absolute Gasteiger partial charge is 0.383 e. The van der Waals surface area contributed by atoms with Gasteiger partial charge in [0.15, 0.2) is 0 Å². The third kappa shape index (κ3) is 4.41. The van der Waals surface area contributed by atoms with Crippen LogP contribution in [0.1, 0.15) is 10.4 Å². The molecule has 1 aromatic carbocycles. The number of rotatable bonds is 5. The molecule has 1 atom stereocenters. The first-order chi connectivity index (χ1) is 8.06. The number of hydrogen-bond acceptors (Lipinski definition) is 2. The van der Waals surface area contributed by atoms with Gasteiger partial charge in [0.1, 0.15) is 0 Å². The molecule has 5 heteroatoms. The SMILES string of the molecule is COCC(Br)CN(C)C(=O)c1ccccc1Br. The molecule has 17 heavy (non-hydrogen) atoms. The Bertz CT molecular complexity index is 385. The van der Waals surface area contributed by atoms with E-state index in [1.165, 1.54) is 0 Å². The molecular formula is C12H15Br2NO2. The van der Waals surface area contributed by atoms with Crippen molar-refractivity contribution in [3.05, 3.63) is 34.3 Å². The average molecular weight is 365 g/mol. The van der Waals surface area contributed by atoms with Crippen LogP contribution in [0, 0.1) is 0 Å². The molecule has 1 unspecified atom stereocenters. The van der Waals surface area contributed by atoms with E-state index in [1.807, 2.05) is 24.3 Å². The van der Waals surface area contributed by atoms with Crippen LogP contribution in [0.25, 0.3) is 0 Å². The third-order valence-corrected chi connectivity index (χ3v) is 3.52. The van der Waals surface area contributed by atoms with Crippen molar-refractivity contribution in [3.63, 3.8) is 0 Å². The molecule has 0 bridgehead atoms. The van der Waals surface area contributed by atoms with E-state index in [9.17, 15) is 4.79 Å². The molecule has 94 valence electrons. The lowest BCUT2D eigenvalue weighted by atomic mass is 10.2. The van der Waals surface area contributed by atoms with Crippen LogP contribution in [0.3, 0.4) is 0 Å². The van der Waals surface area contributed by atoms with Gasteiger partial charge in [-0.05, 0) is 28.1 Å². The Balaban J connectivity index is 2.67. The van der Waals surface area contributed by atoms with E-state index in [-0.39, 0.29) is 10.7 Å². The van der Waals surface area contributed by atoms with Crippen molar-refractivity contribution < 1.29 is 9.53 Å². The predicted octanol–water partition coefficient (Wildman–Crippen LogP) is 2.93. The number of carbonyl (C=O) groups is 1. The summed E-state index contributed by atoms with van der Waals surface area (Å²) in [5.41, 5.74) is 0.673. The van der Waals surface area contributed by atoms with Gasteiger partial charge in [-0.1, -0.05) is 28.1 Å². The summed E-state index contributed by atoms with van der Waals surface area (Å²) in [4.78, 5) is 14.0. The summed E-state index contributed by atoms with van der Waals surface area (Å²) >= 11 is 6.85. The van der Waals surface area contributed by atoms with E-state index < -0.39 is 0 Å². The molecule has 1 aromatic rings. The second kappa shape index (κ2) is 7.13. The molecule has 1 rings (SSSR count). The highest BCUT2D eigenvalue weighted by Gasteiger charge is 2.16. The summed E-state index contributed by atoms with van der Waals surface area (Å²) in [5.74, 6) is -0.00183. The first-order valence-electron chi connectivity index (χ1n) is 5.19. The number of amides is 1. The van der Waals surface area contributed by atoms with Crippen molar-refractivity contribution in [1.29, 1.82) is 0 Å². The number of benzene rings is 1. The maximum atomic E-state index is 12.1. The predicted molar refractivity (Wildman–Crippen MR) is 75.7 cm³/mol. The summed E-state index contributed by atoms with van der Waals surface area (Å²) in [6.07, 6.45) is 0. The zero-order chi connectivity index (χ0) is 12.8. The van der Waals surface area contributed by atoms with Gasteiger partial charge in [0.05, 0.1) is 17.0 Å². The van der Waals surface area contributed by atoms with Crippen molar-refractivity contribution in [3.8, 4) is 0 Å². The Labute approximate surface area is 118 Å². The van der Waals surface area contributed by atoms with Gasteiger partial charge in [-0.2, -0.15) is 0 Å². The maximum absolute atomic E-state index is 12.1. The van der Waals surface area contributed by atoms with Gasteiger partial charge in [0.2, 0.25) is 0 Å². The number of methoxy groups -OCH3 is 1. The van der Waals surface area contributed by atoms with Crippen LogP contribution in [0.2, 0.25) is 0 Å². The molecule has 0 spiro atoms. The number of carbonyl (C=O) groups excluding carboxylic acids is 1. The van der Waals surface area contributed by atoms with Gasteiger partial charge < -0.3 is 9.64 Å². The van der Waals surface area contributed by atoms with E-state index >= 15 is 0 Å². The Morgan fingerprint density at radius 1 is 1.47 bits per heavy atom. The van der Waals surface area contributed by atoms with Gasteiger partial charge in [-0.3, -0.25) is 4.79 Å². The third-order valence-electron chi connectivity index (χ3n) is 2.27. The van der Waals surface area contributed by atoms with Gasteiger partial charge in [0.25, 0.3) is 5.91 Å². The van der Waals surface area contributed by atoms with Gasteiger partial charge >= 0.3 is 0 Å². The molecule has 0 aromatic heterocycles. The van der Waals surface area contributed by atoms with Gasteiger partial charge in [-0.15, -0.1) is 0 Å². The molecule has 0 saturated carbocycles. The maximum Gasteiger partial charge on any atom is 0.254 e. The first-order valence-corrected chi connectivity index (χ1v) is 6.90. The van der Waals surface area contributed by atoms with E-state index in [0.29, 0.717) is 18.7 Å². The quantitative estimate of drug-likeness (QED) is 0.752. The minimum atomic E-state index is -0.00183. The minimum absolute atomic E-state index is 0.00183. The lowest BCUT2D eigenvalue weighted by Crippen LogP contribution is -2.33. The van der Waals surface area contributed by atoms with Crippen molar-refractivity contribution in [2.45, 2.75) is 4.83 Å². The van der Waals surface area contributed by atoms with Crippen molar-refractivity contribution in [2.24, 2.45) is 0 Å². The lowest BCUT2D eigenvalue weighted by Gasteiger charge is -2.20. The first kappa shape index (κ1) is 14.7. The number of alkyl halides is 1. The molecule has 0 heterocycles. The van der Waals surface area contributed by atoms with Crippen molar-refractivity contribution in [2.75, 3.05) is 27.3 Å². The molecule has 0 radical (unpaired) electrons. The summed E-state index contributed by atoms with van der Waals surface area (Å²) < 4.78 is 5.83. The highest BCUT2D eigenvalue weighted by Crippen LogP contribution is 2.17. The topological polar surface area (TPSA) is 29.5 Å². The Morgan fingerprint density at radius 2 is 2.12 bits per heavy atom. The van der Waals surface area contributed by atoms with Crippen LogP contribution in [-0.2, 0) is 4.74 Å². The van der Waals surface area contributed by atoms with Crippen LogP contribution in [0.4, 0.5) is 0 Å². The van der Waals surface area contributed by atoms with Crippen molar-refractivity contribution in [1.82, 2.24) is 4.90 Å². The average Bonchev–Trinajstić information content (AvgIpc) is 2.29. The molecule has 1 amide bonds. The fraction of sp³-hybridized carbons (Fsp3) is 0.417. The monoisotopic (exact) mass is 363 g/mol. The van der Waals surface area contributed by atoms with Crippen LogP contribution < -0.4 is 0 Å². The molecule has 0 aliphatic heterocycles. The summed E-state index contributed by atoms with van der Waals surface area (Å²) in [5, 5.41) is 0. The number of hydrogen-bond donors (Lipinski definition) is 0. The van der Waals surface area contributed by atoms with E-state index in [4.69, 9.17) is 4.74 Å². The zero-order valence-corrected chi connectivity index (χ0v) is 13.0. The van der Waals surface area contributed by atoms with E-state index in [0.717, 1.165) is 4.47 Å². The van der Waals surface area contributed by atoms with Crippen LogP contribution >= 0.6 is 31.9 Å². The van der Waals surface area contributed by atoms with Gasteiger partial charge in [0, 0.05) is 25.2 Å². The number of ether oxygens (including phenoxy) is 1. The number of halogens is 2. The minimum Gasteiger partial charge on any atom is -0.383 e. The van der Waals surface area contributed by atoms with Crippen LogP contribution in [0.5, 0.6) is 0 Å². The summed E-state index contributed by atoms with van der Waals surface area (Å²) in [6.45, 7) is 1.18. The number of nitrogens with zero attached hydrogens (tertiary/aromatic N) is 1. The molecule has 0 aliphatic rings. The Hall–Kier alpha value is -0.390. The fourth-order valence-corrected chi connectivity index (χ4v) is 2.61. The molecular weight excluding hydrogens is 350 g/mol. The summed E-state index contributed by atoms with van der Waals surface area (Å²) in [7, 11) is 3.43. The highest BCUT2D eigenvalue weighted by atomic mass is 79.9. The Kier molecular flexibility index (Phi) is 6.16. The molecule has 0 N–H and O–H groups in total. The normalized spacial score (nSPS) is 12.2. The van der Waals surface area contributed by atoms with Crippen molar-refractivity contribution >= 4 is 37.8 Å². The molecule has 0 aliphatic carbocycles. The lowest BCUT2D eigenvalue weighted by molar-refractivity contribution is 0.0783. The van der Waals surface area contributed by atoms with E-state index in [1.54, 1.807) is 19.1 Å². The summed E-state index contributed by atoms with van der Waals surface area (Å²) in [6, 6.07) is 7.41.